The van der Waals surface area contributed by atoms with E-state index < -0.39 is 5.79 Å². The van der Waals surface area contributed by atoms with Crippen LogP contribution in [-0.4, -0.2) is 5.79 Å². The zero-order valence-electron chi connectivity index (χ0n) is 15.6. The Labute approximate surface area is 159 Å². The molecule has 2 atom stereocenters. The summed E-state index contributed by atoms with van der Waals surface area (Å²) in [6.45, 7) is 3.98. The Morgan fingerprint density at radius 1 is 0.630 bits per heavy atom. The molecular weight excluding hydrogens is 332 g/mol. The number of hydrogen-bond donors (Lipinski definition) is 0. The minimum Gasteiger partial charge on any atom is -0.339 e. The second-order valence-corrected chi connectivity index (χ2v) is 7.65. The molecule has 5 rings (SSSR count). The van der Waals surface area contributed by atoms with E-state index in [-0.39, 0.29) is 12.2 Å². The third-order valence-electron chi connectivity index (χ3n) is 5.33. The molecule has 1 heterocycles. The summed E-state index contributed by atoms with van der Waals surface area (Å²) in [6.07, 6.45) is -0.289. The van der Waals surface area contributed by atoms with Crippen molar-refractivity contribution in [3.05, 3.63) is 96.1 Å². The zero-order valence-corrected chi connectivity index (χ0v) is 15.6. The van der Waals surface area contributed by atoms with Crippen molar-refractivity contribution >= 4 is 21.5 Å². The molecule has 0 radical (unpaired) electrons. The molecular formula is C25H22O2. The molecule has 2 nitrogen and oxygen atoms in total. The molecule has 1 aliphatic rings. The van der Waals surface area contributed by atoms with Crippen LogP contribution in [0.3, 0.4) is 0 Å². The molecule has 1 saturated heterocycles. The molecule has 0 unspecified atom stereocenters. The molecule has 134 valence electrons. The van der Waals surface area contributed by atoms with Gasteiger partial charge in [0.2, 0.25) is 0 Å². The van der Waals surface area contributed by atoms with Crippen molar-refractivity contribution in [2.24, 2.45) is 0 Å². The number of fused-ring (bicyclic) bond motifs is 2. The van der Waals surface area contributed by atoms with Crippen LogP contribution in [0.15, 0.2) is 84.9 Å². The fourth-order valence-corrected chi connectivity index (χ4v) is 4.12. The number of ether oxygens (including phenoxy) is 2. The minimum atomic E-state index is -0.627. The standard InChI is InChI=1S/C25H22O2/c1-25(2)26-23(20-15-14-17-8-3-4-10-19(17)16-20)24(27-25)22-13-7-11-18-9-5-6-12-21(18)22/h3-16,23-24H,1-2H3/t23-,24-/m1/s1. The maximum atomic E-state index is 6.40. The molecule has 1 fully saturated rings. The summed E-state index contributed by atoms with van der Waals surface area (Å²) in [7, 11) is 0. The topological polar surface area (TPSA) is 18.5 Å². The van der Waals surface area contributed by atoms with Crippen LogP contribution >= 0.6 is 0 Å². The van der Waals surface area contributed by atoms with Gasteiger partial charge >= 0.3 is 0 Å². The van der Waals surface area contributed by atoms with Gasteiger partial charge in [0.25, 0.3) is 0 Å². The predicted molar refractivity (Wildman–Crippen MR) is 110 cm³/mol. The van der Waals surface area contributed by atoms with Gasteiger partial charge in [-0.25, -0.2) is 0 Å². The van der Waals surface area contributed by atoms with Gasteiger partial charge in [-0.2, -0.15) is 0 Å². The highest BCUT2D eigenvalue weighted by Gasteiger charge is 2.43. The van der Waals surface area contributed by atoms with E-state index >= 15 is 0 Å². The van der Waals surface area contributed by atoms with Gasteiger partial charge in [0.05, 0.1) is 0 Å². The van der Waals surface area contributed by atoms with Crippen LogP contribution in [0.2, 0.25) is 0 Å². The van der Waals surface area contributed by atoms with Gasteiger partial charge in [-0.3, -0.25) is 0 Å². The zero-order chi connectivity index (χ0) is 18.4. The van der Waals surface area contributed by atoms with E-state index in [9.17, 15) is 0 Å². The molecule has 2 heteroatoms. The van der Waals surface area contributed by atoms with Gasteiger partial charge in [-0.05, 0) is 52.6 Å². The molecule has 1 aliphatic heterocycles. The highest BCUT2D eigenvalue weighted by atomic mass is 16.7. The molecule has 4 aromatic carbocycles. The van der Waals surface area contributed by atoms with Crippen LogP contribution in [0.1, 0.15) is 37.2 Å². The van der Waals surface area contributed by atoms with E-state index in [2.05, 4.69) is 84.9 Å². The largest absolute Gasteiger partial charge is 0.339 e. The quantitative estimate of drug-likeness (QED) is 0.406. The van der Waals surface area contributed by atoms with E-state index in [1.807, 2.05) is 13.8 Å². The summed E-state index contributed by atoms with van der Waals surface area (Å²) in [5.74, 6) is -0.627. The SMILES string of the molecule is CC1(C)O[C@H](c2ccc3ccccc3c2)[C@@H](c2cccc3ccccc23)O1. The molecule has 0 saturated carbocycles. The minimum absolute atomic E-state index is 0.143. The lowest BCUT2D eigenvalue weighted by Gasteiger charge is -2.20. The first-order valence-corrected chi connectivity index (χ1v) is 9.43. The number of hydrogen-bond acceptors (Lipinski definition) is 2. The highest BCUT2D eigenvalue weighted by molar-refractivity contribution is 5.86. The summed E-state index contributed by atoms with van der Waals surface area (Å²) in [4.78, 5) is 0. The Morgan fingerprint density at radius 2 is 1.30 bits per heavy atom. The monoisotopic (exact) mass is 354 g/mol. The van der Waals surface area contributed by atoms with E-state index in [0.29, 0.717) is 0 Å². The first kappa shape index (κ1) is 16.5. The van der Waals surface area contributed by atoms with Crippen LogP contribution in [0.4, 0.5) is 0 Å². The first-order valence-electron chi connectivity index (χ1n) is 9.43. The van der Waals surface area contributed by atoms with Crippen LogP contribution in [-0.2, 0) is 9.47 Å². The van der Waals surface area contributed by atoms with Crippen LogP contribution in [0.25, 0.3) is 21.5 Å². The van der Waals surface area contributed by atoms with Crippen molar-refractivity contribution in [2.45, 2.75) is 31.8 Å². The average molecular weight is 354 g/mol. The van der Waals surface area contributed by atoms with Crippen molar-refractivity contribution < 1.29 is 9.47 Å². The Kier molecular flexibility index (Phi) is 3.78. The summed E-state index contributed by atoms with van der Waals surface area (Å²) in [6, 6.07) is 29.8. The molecule has 0 aliphatic carbocycles. The fourth-order valence-electron chi connectivity index (χ4n) is 4.12. The molecule has 0 spiro atoms. The maximum Gasteiger partial charge on any atom is 0.164 e. The van der Waals surface area contributed by atoms with E-state index in [4.69, 9.17) is 9.47 Å². The predicted octanol–water partition coefficient (Wildman–Crippen LogP) is 6.56. The van der Waals surface area contributed by atoms with Gasteiger partial charge in [-0.15, -0.1) is 0 Å². The van der Waals surface area contributed by atoms with Gasteiger partial charge in [0, 0.05) is 0 Å². The van der Waals surface area contributed by atoms with E-state index in [1.54, 1.807) is 0 Å². The highest BCUT2D eigenvalue weighted by Crippen LogP contribution is 2.48. The van der Waals surface area contributed by atoms with Gasteiger partial charge in [0.1, 0.15) is 12.2 Å². The maximum absolute atomic E-state index is 6.40. The summed E-state index contributed by atoms with van der Waals surface area (Å²) in [5.41, 5.74) is 2.33. The number of rotatable bonds is 2. The lowest BCUT2D eigenvalue weighted by molar-refractivity contribution is -0.147. The number of benzene rings is 4. The normalized spacial score (nSPS) is 21.7. The Balaban J connectivity index is 1.65. The molecule has 4 aromatic rings. The molecule has 0 aromatic heterocycles. The third kappa shape index (κ3) is 2.91. The average Bonchev–Trinajstić information content (AvgIpc) is 3.02. The van der Waals surface area contributed by atoms with Gasteiger partial charge < -0.3 is 9.47 Å². The Hall–Kier alpha value is -2.68. The van der Waals surface area contributed by atoms with Crippen LogP contribution < -0.4 is 0 Å². The lowest BCUT2D eigenvalue weighted by Crippen LogP contribution is -2.20. The van der Waals surface area contributed by atoms with Crippen molar-refractivity contribution in [3.63, 3.8) is 0 Å². The molecule has 27 heavy (non-hydrogen) atoms. The van der Waals surface area contributed by atoms with E-state index in [0.717, 1.165) is 5.56 Å². The smallest absolute Gasteiger partial charge is 0.164 e. The second kappa shape index (κ2) is 6.19. The van der Waals surface area contributed by atoms with Crippen molar-refractivity contribution in [1.29, 1.82) is 0 Å². The summed E-state index contributed by atoms with van der Waals surface area (Å²) < 4.78 is 12.8. The fraction of sp³-hybridized carbons (Fsp3) is 0.200. The third-order valence-corrected chi connectivity index (χ3v) is 5.33. The lowest BCUT2D eigenvalue weighted by atomic mass is 9.93. The van der Waals surface area contributed by atoms with Gasteiger partial charge in [-0.1, -0.05) is 78.9 Å². The summed E-state index contributed by atoms with van der Waals surface area (Å²) >= 11 is 0. The molecule has 0 bridgehead atoms. The van der Waals surface area contributed by atoms with Gasteiger partial charge in [0.15, 0.2) is 5.79 Å². The van der Waals surface area contributed by atoms with Crippen LogP contribution in [0.5, 0.6) is 0 Å². The van der Waals surface area contributed by atoms with Crippen LogP contribution in [0, 0.1) is 0 Å². The molecule has 0 N–H and O–H groups in total. The van der Waals surface area contributed by atoms with Crippen molar-refractivity contribution in [2.75, 3.05) is 0 Å². The summed E-state index contributed by atoms with van der Waals surface area (Å²) in [5, 5.41) is 4.90. The second-order valence-electron chi connectivity index (χ2n) is 7.65. The van der Waals surface area contributed by atoms with Crippen molar-refractivity contribution in [3.8, 4) is 0 Å². The Bertz CT molecular complexity index is 1120. The van der Waals surface area contributed by atoms with E-state index in [1.165, 1.54) is 27.1 Å². The van der Waals surface area contributed by atoms with Crippen molar-refractivity contribution in [1.82, 2.24) is 0 Å². The first-order chi connectivity index (χ1) is 13.1. The molecule has 0 amide bonds. The Morgan fingerprint density at radius 3 is 2.15 bits per heavy atom.